The Morgan fingerprint density at radius 3 is 2.85 bits per heavy atom. The molecule has 0 spiro atoms. The van der Waals surface area contributed by atoms with Crippen LogP contribution in [0.5, 0.6) is 5.75 Å². The number of ether oxygens (including phenoxy) is 1. The molecule has 0 bridgehead atoms. The summed E-state index contributed by atoms with van der Waals surface area (Å²) in [6.45, 7) is 1.69. The fourth-order valence-electron chi connectivity index (χ4n) is 1.63. The van der Waals surface area contributed by atoms with E-state index in [1.165, 1.54) is 13.3 Å². The predicted octanol–water partition coefficient (Wildman–Crippen LogP) is 3.00. The number of carboxylic acid groups (broad SMARTS) is 1. The van der Waals surface area contributed by atoms with Crippen LogP contribution in [0.1, 0.15) is 16.2 Å². The van der Waals surface area contributed by atoms with Gasteiger partial charge in [-0.15, -0.1) is 0 Å². The van der Waals surface area contributed by atoms with Gasteiger partial charge in [0, 0.05) is 10.7 Å². The third-order valence-corrected chi connectivity index (χ3v) is 3.05. The number of halogens is 1. The molecule has 0 aliphatic heterocycles. The number of nitrogens with zero attached hydrogens (tertiary/aromatic N) is 2. The lowest BCUT2D eigenvalue weighted by molar-refractivity contribution is 0.0697. The lowest BCUT2D eigenvalue weighted by atomic mass is 10.2. The molecule has 7 heteroatoms. The average molecular weight is 338 g/mol. The van der Waals surface area contributed by atoms with Gasteiger partial charge in [-0.3, -0.25) is 0 Å². The maximum Gasteiger partial charge on any atom is 0.341 e. The Bertz CT molecular complexity index is 661. The van der Waals surface area contributed by atoms with Gasteiger partial charge in [-0.25, -0.2) is 14.8 Å². The van der Waals surface area contributed by atoms with Crippen molar-refractivity contribution in [2.45, 2.75) is 6.92 Å². The van der Waals surface area contributed by atoms with Gasteiger partial charge in [0.15, 0.2) is 0 Å². The zero-order valence-corrected chi connectivity index (χ0v) is 12.4. The van der Waals surface area contributed by atoms with Gasteiger partial charge in [0.25, 0.3) is 0 Å². The molecule has 104 valence electrons. The first kappa shape index (κ1) is 14.3. The first-order chi connectivity index (χ1) is 9.51. The smallest absolute Gasteiger partial charge is 0.341 e. The van der Waals surface area contributed by atoms with Crippen molar-refractivity contribution in [1.82, 2.24) is 9.97 Å². The van der Waals surface area contributed by atoms with Crippen molar-refractivity contribution >= 4 is 33.4 Å². The summed E-state index contributed by atoms with van der Waals surface area (Å²) in [5, 5.41) is 12.1. The van der Waals surface area contributed by atoms with Crippen LogP contribution in [-0.4, -0.2) is 28.2 Å². The fraction of sp³-hybridized carbons (Fsp3) is 0.154. The maximum atomic E-state index is 11.2. The number of hydrogen-bond acceptors (Lipinski definition) is 5. The number of rotatable bonds is 4. The fourth-order valence-corrected chi connectivity index (χ4v) is 1.99. The minimum atomic E-state index is -1.10. The van der Waals surface area contributed by atoms with Gasteiger partial charge in [0.05, 0.1) is 12.8 Å². The lowest BCUT2D eigenvalue weighted by Gasteiger charge is -2.12. The molecule has 1 heterocycles. The zero-order valence-electron chi connectivity index (χ0n) is 10.8. The summed E-state index contributed by atoms with van der Waals surface area (Å²) in [5.74, 6) is 0.190. The number of benzene rings is 1. The Morgan fingerprint density at radius 1 is 1.45 bits per heavy atom. The second kappa shape index (κ2) is 5.87. The number of aromatic nitrogens is 2. The molecule has 0 unspecified atom stereocenters. The Kier molecular flexibility index (Phi) is 4.19. The number of aromatic carboxylic acids is 1. The first-order valence-corrected chi connectivity index (χ1v) is 6.48. The molecular formula is C13H12BrN3O3. The molecule has 0 fully saturated rings. The van der Waals surface area contributed by atoms with Crippen molar-refractivity contribution in [2.24, 2.45) is 0 Å². The number of carboxylic acids is 1. The summed E-state index contributed by atoms with van der Waals surface area (Å²) < 4.78 is 6.07. The van der Waals surface area contributed by atoms with Crippen molar-refractivity contribution in [3.8, 4) is 5.75 Å². The van der Waals surface area contributed by atoms with E-state index in [-0.39, 0.29) is 11.4 Å². The van der Waals surface area contributed by atoms with Crippen LogP contribution in [-0.2, 0) is 0 Å². The molecule has 2 aromatic rings. The molecular weight excluding hydrogens is 326 g/mol. The number of aryl methyl sites for hydroxylation is 1. The number of nitrogens with one attached hydrogen (secondary N) is 1. The van der Waals surface area contributed by atoms with Gasteiger partial charge in [0.1, 0.15) is 23.0 Å². The van der Waals surface area contributed by atoms with Crippen LogP contribution >= 0.6 is 15.9 Å². The third-order valence-electron chi connectivity index (χ3n) is 2.55. The van der Waals surface area contributed by atoms with E-state index in [0.29, 0.717) is 17.3 Å². The van der Waals surface area contributed by atoms with Crippen LogP contribution in [0.4, 0.5) is 11.5 Å². The largest absolute Gasteiger partial charge is 0.495 e. The molecule has 6 nitrogen and oxygen atoms in total. The van der Waals surface area contributed by atoms with E-state index in [4.69, 9.17) is 9.84 Å². The van der Waals surface area contributed by atoms with Gasteiger partial charge in [0.2, 0.25) is 0 Å². The Balaban J connectivity index is 2.46. The van der Waals surface area contributed by atoms with E-state index in [1.54, 1.807) is 19.1 Å². The van der Waals surface area contributed by atoms with Gasteiger partial charge in [-0.1, -0.05) is 15.9 Å². The third kappa shape index (κ3) is 3.05. The molecule has 1 aromatic heterocycles. The summed E-state index contributed by atoms with van der Waals surface area (Å²) in [6.07, 6.45) is 1.28. The molecule has 0 saturated heterocycles. The summed E-state index contributed by atoms with van der Waals surface area (Å²) in [4.78, 5) is 19.2. The highest BCUT2D eigenvalue weighted by Crippen LogP contribution is 2.31. The molecule has 2 N–H and O–H groups in total. The molecule has 1 aromatic carbocycles. The number of methoxy groups -OCH3 is 1. The van der Waals surface area contributed by atoms with Crippen LogP contribution < -0.4 is 10.1 Å². The molecule has 0 aliphatic rings. The maximum absolute atomic E-state index is 11.2. The minimum Gasteiger partial charge on any atom is -0.495 e. The highest BCUT2D eigenvalue weighted by atomic mass is 79.9. The molecule has 0 radical (unpaired) electrons. The van der Waals surface area contributed by atoms with Crippen LogP contribution in [0, 0.1) is 6.92 Å². The van der Waals surface area contributed by atoms with Crippen molar-refractivity contribution in [1.29, 1.82) is 0 Å². The molecule has 0 amide bonds. The molecule has 2 rings (SSSR count). The molecule has 0 saturated carbocycles. The summed E-state index contributed by atoms with van der Waals surface area (Å²) in [6, 6.07) is 5.37. The highest BCUT2D eigenvalue weighted by Gasteiger charge is 2.14. The zero-order chi connectivity index (χ0) is 14.7. The molecule has 0 aliphatic carbocycles. The van der Waals surface area contributed by atoms with E-state index < -0.39 is 5.97 Å². The van der Waals surface area contributed by atoms with Gasteiger partial charge >= 0.3 is 5.97 Å². The summed E-state index contributed by atoms with van der Waals surface area (Å²) in [5.41, 5.74) is 0.611. The van der Waals surface area contributed by atoms with E-state index in [0.717, 1.165) is 4.47 Å². The predicted molar refractivity (Wildman–Crippen MR) is 77.7 cm³/mol. The second-order valence-electron chi connectivity index (χ2n) is 3.95. The van der Waals surface area contributed by atoms with Gasteiger partial charge < -0.3 is 15.2 Å². The number of hydrogen-bond donors (Lipinski definition) is 2. The van der Waals surface area contributed by atoms with E-state index in [2.05, 4.69) is 31.2 Å². The molecule has 0 atom stereocenters. The number of anilines is 2. The highest BCUT2D eigenvalue weighted by molar-refractivity contribution is 9.10. The Labute approximate surface area is 124 Å². The topological polar surface area (TPSA) is 84.3 Å². The van der Waals surface area contributed by atoms with Crippen molar-refractivity contribution in [2.75, 3.05) is 12.4 Å². The molecule has 20 heavy (non-hydrogen) atoms. The van der Waals surface area contributed by atoms with Crippen LogP contribution in [0.3, 0.4) is 0 Å². The van der Waals surface area contributed by atoms with E-state index in [9.17, 15) is 4.79 Å². The van der Waals surface area contributed by atoms with E-state index in [1.807, 2.05) is 6.07 Å². The van der Waals surface area contributed by atoms with Crippen LogP contribution in [0.25, 0.3) is 0 Å². The quantitative estimate of drug-likeness (QED) is 0.892. The summed E-state index contributed by atoms with van der Waals surface area (Å²) >= 11 is 3.36. The second-order valence-corrected chi connectivity index (χ2v) is 4.87. The normalized spacial score (nSPS) is 10.2. The lowest BCUT2D eigenvalue weighted by Crippen LogP contribution is -2.07. The van der Waals surface area contributed by atoms with Crippen molar-refractivity contribution in [3.05, 3.63) is 40.3 Å². The first-order valence-electron chi connectivity index (χ1n) is 5.68. The van der Waals surface area contributed by atoms with Crippen molar-refractivity contribution in [3.63, 3.8) is 0 Å². The SMILES string of the molecule is COc1ccc(Br)cc1Nc1nc(C)ncc1C(=O)O. The van der Waals surface area contributed by atoms with Gasteiger partial charge in [-0.05, 0) is 25.1 Å². The average Bonchev–Trinajstić information content (AvgIpc) is 2.38. The van der Waals surface area contributed by atoms with Gasteiger partial charge in [-0.2, -0.15) is 0 Å². The standard InChI is InChI=1S/C13H12BrN3O3/c1-7-15-6-9(13(18)19)12(16-7)17-10-5-8(14)3-4-11(10)20-2/h3-6H,1-2H3,(H,18,19)(H,15,16,17). The number of carbonyl (C=O) groups is 1. The van der Waals surface area contributed by atoms with Crippen molar-refractivity contribution < 1.29 is 14.6 Å². The van der Waals surface area contributed by atoms with Crippen LogP contribution in [0.15, 0.2) is 28.9 Å². The minimum absolute atomic E-state index is 0.00220. The van der Waals surface area contributed by atoms with Crippen LogP contribution in [0.2, 0.25) is 0 Å². The Morgan fingerprint density at radius 2 is 2.20 bits per heavy atom. The monoisotopic (exact) mass is 337 g/mol. The Hall–Kier alpha value is -2.15. The van der Waals surface area contributed by atoms with E-state index >= 15 is 0 Å². The summed E-state index contributed by atoms with van der Waals surface area (Å²) in [7, 11) is 1.54.